The second-order valence-electron chi connectivity index (χ2n) is 6.43. The minimum atomic E-state index is -0.253. The summed E-state index contributed by atoms with van der Waals surface area (Å²) in [6.45, 7) is 5.97. The second-order valence-corrected chi connectivity index (χ2v) is 7.49. The molecule has 5 nitrogen and oxygen atoms in total. The molecule has 0 saturated carbocycles. The van der Waals surface area contributed by atoms with E-state index in [-0.39, 0.29) is 11.5 Å². The number of anilines is 2. The summed E-state index contributed by atoms with van der Waals surface area (Å²) < 4.78 is 6.66. The van der Waals surface area contributed by atoms with Crippen LogP contribution in [0.5, 0.6) is 5.75 Å². The van der Waals surface area contributed by atoms with Gasteiger partial charge in [0, 0.05) is 11.3 Å². The predicted molar refractivity (Wildman–Crippen MR) is 98.8 cm³/mol. The minimum Gasteiger partial charge on any atom is -0.488 e. The van der Waals surface area contributed by atoms with Gasteiger partial charge in [-0.3, -0.25) is 4.79 Å². The van der Waals surface area contributed by atoms with E-state index < -0.39 is 0 Å². The maximum Gasteiger partial charge on any atom is 0.255 e. The molecule has 0 aliphatic rings. The number of rotatable bonds is 3. The third-order valence-electron chi connectivity index (χ3n) is 3.20. The number of thiazole rings is 1. The van der Waals surface area contributed by atoms with Crippen molar-refractivity contribution < 1.29 is 9.53 Å². The van der Waals surface area contributed by atoms with Crippen LogP contribution in [-0.2, 0) is 0 Å². The molecule has 24 heavy (non-hydrogen) atoms. The van der Waals surface area contributed by atoms with E-state index in [4.69, 9.17) is 10.5 Å². The normalized spacial score (nSPS) is 11.5. The van der Waals surface area contributed by atoms with Crippen molar-refractivity contribution in [3.05, 3.63) is 48.0 Å². The number of aromatic nitrogens is 1. The molecule has 2 aromatic carbocycles. The number of ether oxygens (including phenoxy) is 1. The first-order valence-electron chi connectivity index (χ1n) is 7.57. The van der Waals surface area contributed by atoms with Crippen LogP contribution in [0.4, 0.5) is 10.8 Å². The fourth-order valence-corrected chi connectivity index (χ4v) is 3.02. The fourth-order valence-electron chi connectivity index (χ4n) is 2.25. The number of nitrogens with zero attached hydrogens (tertiary/aromatic N) is 1. The Morgan fingerprint density at radius 1 is 1.17 bits per heavy atom. The van der Waals surface area contributed by atoms with Crippen LogP contribution in [0.2, 0.25) is 0 Å². The van der Waals surface area contributed by atoms with E-state index in [1.54, 1.807) is 18.2 Å². The predicted octanol–water partition coefficient (Wildman–Crippen LogP) is 4.31. The molecule has 124 valence electrons. The van der Waals surface area contributed by atoms with Crippen molar-refractivity contribution in [2.75, 3.05) is 11.1 Å². The van der Waals surface area contributed by atoms with E-state index in [9.17, 15) is 4.79 Å². The molecule has 3 N–H and O–H groups in total. The lowest BCUT2D eigenvalue weighted by Crippen LogP contribution is -2.22. The van der Waals surface area contributed by atoms with E-state index >= 15 is 0 Å². The van der Waals surface area contributed by atoms with Crippen molar-refractivity contribution in [2.45, 2.75) is 26.4 Å². The molecule has 0 fully saturated rings. The average molecular weight is 341 g/mol. The van der Waals surface area contributed by atoms with E-state index in [0.29, 0.717) is 16.4 Å². The van der Waals surface area contributed by atoms with E-state index in [2.05, 4.69) is 10.3 Å². The summed E-state index contributed by atoms with van der Waals surface area (Å²) in [6, 6.07) is 12.7. The standard InChI is InChI=1S/C18H19N3O2S/c1-18(2,3)23-13-7-5-12(6-8-13)20-16(22)11-4-9-14-15(10-11)24-17(19)21-14/h4-10H,1-3H3,(H2,19,21)(H,20,22). The number of benzene rings is 2. The zero-order valence-electron chi connectivity index (χ0n) is 13.8. The first-order chi connectivity index (χ1) is 11.3. The Kier molecular flexibility index (Phi) is 4.15. The van der Waals surface area contributed by atoms with Gasteiger partial charge in [0.15, 0.2) is 5.13 Å². The van der Waals surface area contributed by atoms with E-state index in [1.807, 2.05) is 45.0 Å². The summed E-state index contributed by atoms with van der Waals surface area (Å²) in [5.41, 5.74) is 7.53. The number of carbonyl (C=O) groups excluding carboxylic acids is 1. The van der Waals surface area contributed by atoms with Gasteiger partial charge in [-0.2, -0.15) is 0 Å². The largest absolute Gasteiger partial charge is 0.488 e. The molecule has 0 unspecified atom stereocenters. The monoisotopic (exact) mass is 341 g/mol. The quantitative estimate of drug-likeness (QED) is 0.744. The number of nitrogens with one attached hydrogen (secondary N) is 1. The highest BCUT2D eigenvalue weighted by Gasteiger charge is 2.12. The Morgan fingerprint density at radius 3 is 2.54 bits per heavy atom. The molecule has 0 aliphatic heterocycles. The Hall–Kier alpha value is -2.60. The topological polar surface area (TPSA) is 77.2 Å². The van der Waals surface area contributed by atoms with Gasteiger partial charge >= 0.3 is 0 Å². The molecular weight excluding hydrogens is 322 g/mol. The molecule has 3 aromatic rings. The Bertz CT molecular complexity index is 879. The zero-order valence-corrected chi connectivity index (χ0v) is 14.6. The molecule has 0 aliphatic carbocycles. The van der Waals surface area contributed by atoms with E-state index in [1.165, 1.54) is 11.3 Å². The highest BCUT2D eigenvalue weighted by Crippen LogP contribution is 2.25. The van der Waals surface area contributed by atoms with Gasteiger partial charge in [0.2, 0.25) is 0 Å². The van der Waals surface area contributed by atoms with E-state index in [0.717, 1.165) is 16.0 Å². The van der Waals surface area contributed by atoms with Crippen LogP contribution in [0.25, 0.3) is 10.2 Å². The van der Waals surface area contributed by atoms with Gasteiger partial charge in [-0.25, -0.2) is 4.98 Å². The molecule has 0 atom stereocenters. The van der Waals surface area contributed by atoms with Gasteiger partial charge in [-0.15, -0.1) is 0 Å². The summed E-state index contributed by atoms with van der Waals surface area (Å²) in [5, 5.41) is 3.38. The summed E-state index contributed by atoms with van der Waals surface area (Å²) in [7, 11) is 0. The number of fused-ring (bicyclic) bond motifs is 1. The zero-order chi connectivity index (χ0) is 17.3. The SMILES string of the molecule is CC(C)(C)Oc1ccc(NC(=O)c2ccc3nc(N)sc3c2)cc1. The summed E-state index contributed by atoms with van der Waals surface area (Å²) in [4.78, 5) is 16.6. The van der Waals surface area contributed by atoms with Crippen molar-refractivity contribution in [3.63, 3.8) is 0 Å². The Labute approximate surface area is 144 Å². The molecule has 0 spiro atoms. The van der Waals surface area contributed by atoms with Gasteiger partial charge in [0.25, 0.3) is 5.91 Å². The molecule has 0 saturated heterocycles. The number of hydrogen-bond acceptors (Lipinski definition) is 5. The first kappa shape index (κ1) is 16.3. The number of nitrogens with two attached hydrogens (primary N) is 1. The van der Waals surface area contributed by atoms with Gasteiger partial charge < -0.3 is 15.8 Å². The van der Waals surface area contributed by atoms with Crippen molar-refractivity contribution in [1.29, 1.82) is 0 Å². The molecule has 3 rings (SSSR count). The summed E-state index contributed by atoms with van der Waals surface area (Å²) >= 11 is 1.37. The van der Waals surface area contributed by atoms with Crippen LogP contribution >= 0.6 is 11.3 Å². The summed E-state index contributed by atoms with van der Waals surface area (Å²) in [5.74, 6) is 0.593. The maximum atomic E-state index is 12.4. The maximum absolute atomic E-state index is 12.4. The third kappa shape index (κ3) is 3.83. The van der Waals surface area contributed by atoms with Crippen LogP contribution in [-0.4, -0.2) is 16.5 Å². The van der Waals surface area contributed by atoms with Crippen molar-refractivity contribution in [2.24, 2.45) is 0 Å². The second kappa shape index (κ2) is 6.13. The van der Waals surface area contributed by atoms with Crippen LogP contribution in [0.15, 0.2) is 42.5 Å². The molecule has 1 heterocycles. The van der Waals surface area contributed by atoms with Crippen LogP contribution in [0, 0.1) is 0 Å². The molecule has 6 heteroatoms. The average Bonchev–Trinajstić information content (AvgIpc) is 2.86. The lowest BCUT2D eigenvalue weighted by atomic mass is 10.2. The highest BCUT2D eigenvalue weighted by molar-refractivity contribution is 7.22. The van der Waals surface area contributed by atoms with Gasteiger partial charge in [0.05, 0.1) is 10.2 Å². The fraction of sp³-hybridized carbons (Fsp3) is 0.222. The molecule has 0 radical (unpaired) electrons. The van der Waals surface area contributed by atoms with Crippen LogP contribution < -0.4 is 15.8 Å². The highest BCUT2D eigenvalue weighted by atomic mass is 32.1. The number of nitrogen functional groups attached to an aromatic ring is 1. The number of amides is 1. The Morgan fingerprint density at radius 2 is 1.88 bits per heavy atom. The van der Waals surface area contributed by atoms with Crippen molar-refractivity contribution in [1.82, 2.24) is 4.98 Å². The summed E-state index contributed by atoms with van der Waals surface area (Å²) in [6.07, 6.45) is 0. The molecule has 1 aromatic heterocycles. The van der Waals surface area contributed by atoms with Gasteiger partial charge in [-0.05, 0) is 63.2 Å². The minimum absolute atomic E-state index is 0.173. The van der Waals surface area contributed by atoms with Crippen LogP contribution in [0.3, 0.4) is 0 Å². The lowest BCUT2D eigenvalue weighted by molar-refractivity contribution is 0.102. The number of carbonyl (C=O) groups is 1. The third-order valence-corrected chi connectivity index (χ3v) is 4.05. The number of hydrogen-bond donors (Lipinski definition) is 2. The van der Waals surface area contributed by atoms with Gasteiger partial charge in [-0.1, -0.05) is 11.3 Å². The molecule has 1 amide bonds. The molecule has 0 bridgehead atoms. The van der Waals surface area contributed by atoms with Crippen molar-refractivity contribution >= 4 is 38.3 Å². The van der Waals surface area contributed by atoms with Gasteiger partial charge in [0.1, 0.15) is 11.4 Å². The smallest absolute Gasteiger partial charge is 0.255 e. The lowest BCUT2D eigenvalue weighted by Gasteiger charge is -2.21. The van der Waals surface area contributed by atoms with Crippen molar-refractivity contribution in [3.8, 4) is 5.75 Å². The Balaban J connectivity index is 1.73. The van der Waals surface area contributed by atoms with Crippen LogP contribution in [0.1, 0.15) is 31.1 Å². The molecular formula is C18H19N3O2S. The first-order valence-corrected chi connectivity index (χ1v) is 8.38.